The molecule has 3 aromatic rings. The van der Waals surface area contributed by atoms with Crippen LogP contribution in [-0.4, -0.2) is 34.7 Å². The number of hydrogen-bond donors (Lipinski definition) is 1. The molecule has 0 spiro atoms. The Bertz CT molecular complexity index is 1010. The highest BCUT2D eigenvalue weighted by Crippen LogP contribution is 2.23. The summed E-state index contributed by atoms with van der Waals surface area (Å²) in [6, 6.07) is 8.87. The lowest BCUT2D eigenvalue weighted by Gasteiger charge is -2.11. The summed E-state index contributed by atoms with van der Waals surface area (Å²) in [5.74, 6) is -1.38. The molecular formula is C20H19F2N3O2. The molecule has 1 atom stereocenters. The van der Waals surface area contributed by atoms with Crippen molar-refractivity contribution in [2.45, 2.75) is 25.9 Å². The van der Waals surface area contributed by atoms with Crippen LogP contribution in [0.1, 0.15) is 29.0 Å². The van der Waals surface area contributed by atoms with Gasteiger partial charge in [-0.25, -0.2) is 13.8 Å². The fraction of sp³-hybridized carbons (Fsp3) is 0.300. The third-order valence-corrected chi connectivity index (χ3v) is 4.76. The topological polar surface area (TPSA) is 56.1 Å². The maximum absolute atomic E-state index is 13.6. The molecule has 1 amide bonds. The molecule has 1 unspecified atom stereocenters. The van der Waals surface area contributed by atoms with Crippen molar-refractivity contribution in [2.24, 2.45) is 0 Å². The average Bonchev–Trinajstić information content (AvgIpc) is 3.28. The number of benzene rings is 2. The number of nitrogens with zero attached hydrogens (tertiary/aromatic N) is 2. The van der Waals surface area contributed by atoms with Gasteiger partial charge in [-0.15, -0.1) is 0 Å². The lowest BCUT2D eigenvalue weighted by atomic mass is 10.1. The minimum absolute atomic E-state index is 0.0764. The van der Waals surface area contributed by atoms with E-state index in [1.54, 1.807) is 29.7 Å². The minimum Gasteiger partial charge on any atom is -0.376 e. The highest BCUT2D eigenvalue weighted by Gasteiger charge is 2.18. The summed E-state index contributed by atoms with van der Waals surface area (Å²) in [5, 5.41) is 2.88. The van der Waals surface area contributed by atoms with Gasteiger partial charge in [0.15, 0.2) is 11.6 Å². The van der Waals surface area contributed by atoms with Gasteiger partial charge in [-0.1, -0.05) is 0 Å². The van der Waals surface area contributed by atoms with Crippen LogP contribution >= 0.6 is 0 Å². The Labute approximate surface area is 155 Å². The molecule has 2 heterocycles. The van der Waals surface area contributed by atoms with Crippen molar-refractivity contribution in [1.82, 2.24) is 14.9 Å². The Morgan fingerprint density at radius 1 is 1.26 bits per heavy atom. The summed E-state index contributed by atoms with van der Waals surface area (Å²) >= 11 is 0. The van der Waals surface area contributed by atoms with Crippen molar-refractivity contribution >= 4 is 16.9 Å². The number of amides is 1. The maximum Gasteiger partial charge on any atom is 0.251 e. The standard InChI is InChI=1S/C20H19F2N3O2/c1-12-24-18-9-13(20(26)23-11-15-3-2-8-27-15)4-7-19(18)25(12)14-5-6-16(21)17(22)10-14/h4-7,9-10,15H,2-3,8,11H2,1H3,(H,23,26). The molecule has 1 aliphatic rings. The summed E-state index contributed by atoms with van der Waals surface area (Å²) in [7, 11) is 0. The number of imidazole rings is 1. The van der Waals surface area contributed by atoms with E-state index in [4.69, 9.17) is 4.74 Å². The van der Waals surface area contributed by atoms with Gasteiger partial charge in [0.25, 0.3) is 5.91 Å². The van der Waals surface area contributed by atoms with Gasteiger partial charge in [0.2, 0.25) is 0 Å². The fourth-order valence-corrected chi connectivity index (χ4v) is 3.41. The zero-order valence-corrected chi connectivity index (χ0v) is 14.8. The van der Waals surface area contributed by atoms with E-state index in [0.29, 0.717) is 34.7 Å². The largest absolute Gasteiger partial charge is 0.376 e. The van der Waals surface area contributed by atoms with Gasteiger partial charge >= 0.3 is 0 Å². The summed E-state index contributed by atoms with van der Waals surface area (Å²) in [6.45, 7) is 3.00. The Kier molecular flexibility index (Phi) is 4.61. The fourth-order valence-electron chi connectivity index (χ4n) is 3.41. The summed E-state index contributed by atoms with van der Waals surface area (Å²) < 4.78 is 34.1. The monoisotopic (exact) mass is 371 g/mol. The van der Waals surface area contributed by atoms with Crippen LogP contribution in [0.5, 0.6) is 0 Å². The summed E-state index contributed by atoms with van der Waals surface area (Å²) in [5.41, 5.74) is 2.30. The minimum atomic E-state index is -0.918. The number of halogens is 2. The molecule has 0 saturated carbocycles. The van der Waals surface area contributed by atoms with Gasteiger partial charge < -0.3 is 10.1 Å². The quantitative estimate of drug-likeness (QED) is 0.763. The highest BCUT2D eigenvalue weighted by molar-refractivity contribution is 5.97. The highest BCUT2D eigenvalue weighted by atomic mass is 19.2. The molecular weight excluding hydrogens is 352 g/mol. The van der Waals surface area contributed by atoms with E-state index >= 15 is 0 Å². The molecule has 140 valence electrons. The molecule has 0 radical (unpaired) electrons. The summed E-state index contributed by atoms with van der Waals surface area (Å²) in [4.78, 5) is 16.9. The van der Waals surface area contributed by atoms with Gasteiger partial charge in [0.05, 0.1) is 22.8 Å². The number of hydrogen-bond acceptors (Lipinski definition) is 3. The molecule has 7 heteroatoms. The Hall–Kier alpha value is -2.80. The van der Waals surface area contributed by atoms with E-state index in [2.05, 4.69) is 10.3 Å². The molecule has 0 aliphatic carbocycles. The predicted molar refractivity (Wildman–Crippen MR) is 97.0 cm³/mol. The third kappa shape index (κ3) is 3.42. The first-order chi connectivity index (χ1) is 13.0. The van der Waals surface area contributed by atoms with Crippen LogP contribution in [0.4, 0.5) is 8.78 Å². The van der Waals surface area contributed by atoms with E-state index in [-0.39, 0.29) is 12.0 Å². The number of aryl methyl sites for hydroxylation is 1. The second-order valence-electron chi connectivity index (χ2n) is 6.64. The molecule has 1 N–H and O–H groups in total. The number of nitrogens with one attached hydrogen (secondary N) is 1. The Balaban J connectivity index is 1.61. The Morgan fingerprint density at radius 3 is 2.85 bits per heavy atom. The molecule has 4 rings (SSSR count). The Morgan fingerprint density at radius 2 is 2.11 bits per heavy atom. The second-order valence-corrected chi connectivity index (χ2v) is 6.64. The molecule has 5 nitrogen and oxygen atoms in total. The first kappa shape index (κ1) is 17.6. The molecule has 2 aromatic carbocycles. The molecule has 1 aromatic heterocycles. The SMILES string of the molecule is Cc1nc2cc(C(=O)NCC3CCCO3)ccc2n1-c1ccc(F)c(F)c1. The van der Waals surface area contributed by atoms with Crippen LogP contribution in [-0.2, 0) is 4.74 Å². The van der Waals surface area contributed by atoms with Gasteiger partial charge in [-0.2, -0.15) is 0 Å². The van der Waals surface area contributed by atoms with Crippen molar-refractivity contribution in [1.29, 1.82) is 0 Å². The smallest absolute Gasteiger partial charge is 0.251 e. The van der Waals surface area contributed by atoms with Gasteiger partial charge in [0, 0.05) is 24.8 Å². The van der Waals surface area contributed by atoms with Crippen LogP contribution in [0, 0.1) is 18.6 Å². The number of ether oxygens (including phenoxy) is 1. The number of fused-ring (bicyclic) bond motifs is 1. The van der Waals surface area contributed by atoms with Crippen molar-refractivity contribution in [2.75, 3.05) is 13.2 Å². The normalized spacial score (nSPS) is 16.8. The van der Waals surface area contributed by atoms with E-state index in [9.17, 15) is 13.6 Å². The van der Waals surface area contributed by atoms with Crippen LogP contribution < -0.4 is 5.32 Å². The lowest BCUT2D eigenvalue weighted by Crippen LogP contribution is -2.31. The molecule has 1 fully saturated rings. The molecule has 1 aliphatic heterocycles. The van der Waals surface area contributed by atoms with E-state index in [1.165, 1.54) is 6.07 Å². The van der Waals surface area contributed by atoms with Crippen LogP contribution in [0.3, 0.4) is 0 Å². The first-order valence-electron chi connectivity index (χ1n) is 8.87. The van der Waals surface area contributed by atoms with E-state index < -0.39 is 11.6 Å². The van der Waals surface area contributed by atoms with Crippen LogP contribution in [0.15, 0.2) is 36.4 Å². The van der Waals surface area contributed by atoms with Crippen molar-refractivity contribution in [3.05, 3.63) is 59.4 Å². The number of carbonyl (C=O) groups excluding carboxylic acids is 1. The number of aromatic nitrogens is 2. The maximum atomic E-state index is 13.6. The van der Waals surface area contributed by atoms with E-state index in [0.717, 1.165) is 31.6 Å². The first-order valence-corrected chi connectivity index (χ1v) is 8.87. The lowest BCUT2D eigenvalue weighted by molar-refractivity contribution is 0.0858. The zero-order chi connectivity index (χ0) is 19.0. The average molecular weight is 371 g/mol. The molecule has 0 bridgehead atoms. The van der Waals surface area contributed by atoms with Crippen molar-refractivity contribution in [3.63, 3.8) is 0 Å². The second kappa shape index (κ2) is 7.08. The zero-order valence-electron chi connectivity index (χ0n) is 14.8. The van der Waals surface area contributed by atoms with Crippen molar-refractivity contribution < 1.29 is 18.3 Å². The van der Waals surface area contributed by atoms with Crippen LogP contribution in [0.25, 0.3) is 16.7 Å². The molecule has 1 saturated heterocycles. The van der Waals surface area contributed by atoms with Crippen molar-refractivity contribution in [3.8, 4) is 5.69 Å². The third-order valence-electron chi connectivity index (χ3n) is 4.76. The summed E-state index contributed by atoms with van der Waals surface area (Å²) in [6.07, 6.45) is 2.05. The van der Waals surface area contributed by atoms with Gasteiger partial charge in [-0.3, -0.25) is 9.36 Å². The van der Waals surface area contributed by atoms with Crippen LogP contribution in [0.2, 0.25) is 0 Å². The van der Waals surface area contributed by atoms with E-state index in [1.807, 2.05) is 0 Å². The van der Waals surface area contributed by atoms with Gasteiger partial charge in [-0.05, 0) is 50.1 Å². The molecule has 27 heavy (non-hydrogen) atoms. The van der Waals surface area contributed by atoms with Gasteiger partial charge in [0.1, 0.15) is 5.82 Å². The predicted octanol–water partition coefficient (Wildman–Crippen LogP) is 3.52. The number of carbonyl (C=O) groups is 1. The number of rotatable bonds is 4.